The maximum absolute atomic E-state index is 8.56. The molecule has 2 aromatic heterocycles. The largest absolute Gasteiger partial charge is 0.192 e. The summed E-state index contributed by atoms with van der Waals surface area (Å²) in [5, 5.41) is 14.4. The van der Waals surface area contributed by atoms with Gasteiger partial charge in [-0.05, 0) is 6.07 Å². The van der Waals surface area contributed by atoms with Gasteiger partial charge in [-0.15, -0.1) is 22.7 Å². The Labute approximate surface area is 66.2 Å². The first kappa shape index (κ1) is 5.90. The molecule has 0 saturated heterocycles. The van der Waals surface area contributed by atoms with Gasteiger partial charge in [0, 0.05) is 10.1 Å². The predicted molar refractivity (Wildman–Crippen MR) is 42.1 cm³/mol. The van der Waals surface area contributed by atoms with Crippen LogP contribution in [-0.2, 0) is 0 Å². The Morgan fingerprint density at radius 1 is 1.50 bits per heavy atom. The molecule has 0 aliphatic carbocycles. The molecule has 0 aliphatic rings. The Kier molecular flexibility index (Phi) is 1.23. The zero-order valence-corrected chi connectivity index (χ0v) is 6.47. The minimum Gasteiger partial charge on any atom is -0.192 e. The summed E-state index contributed by atoms with van der Waals surface area (Å²) >= 11 is 2.95. The highest BCUT2D eigenvalue weighted by molar-refractivity contribution is 7.25. The maximum Gasteiger partial charge on any atom is 0.102 e. The molecular formula is C7HNS2. The van der Waals surface area contributed by atoms with Crippen LogP contribution in [0.15, 0.2) is 6.07 Å². The van der Waals surface area contributed by atoms with E-state index >= 15 is 0 Å². The van der Waals surface area contributed by atoms with E-state index in [1.165, 1.54) is 22.7 Å². The first-order valence-corrected chi connectivity index (χ1v) is 4.25. The quantitative estimate of drug-likeness (QED) is 0.585. The third-order valence-corrected chi connectivity index (χ3v) is 3.02. The first-order chi connectivity index (χ1) is 4.92. The minimum atomic E-state index is 0.659. The van der Waals surface area contributed by atoms with E-state index < -0.39 is 0 Å². The highest BCUT2D eigenvalue weighted by Crippen LogP contribution is 2.28. The number of thiophene rings is 2. The second kappa shape index (κ2) is 2.08. The van der Waals surface area contributed by atoms with E-state index in [0.717, 1.165) is 9.40 Å². The van der Waals surface area contributed by atoms with Crippen molar-refractivity contribution in [2.45, 2.75) is 0 Å². The fourth-order valence-corrected chi connectivity index (χ4v) is 2.45. The van der Waals surface area contributed by atoms with Crippen molar-refractivity contribution in [1.82, 2.24) is 0 Å². The maximum atomic E-state index is 8.56. The van der Waals surface area contributed by atoms with Gasteiger partial charge in [0.25, 0.3) is 0 Å². The number of hydrogen-bond donors (Lipinski definition) is 0. The third-order valence-electron chi connectivity index (χ3n) is 1.18. The fraction of sp³-hybridized carbons (Fsp3) is 0. The molecule has 2 aromatic rings. The zero-order chi connectivity index (χ0) is 6.97. The summed E-state index contributed by atoms with van der Waals surface area (Å²) in [6.45, 7) is 0. The molecule has 0 aromatic carbocycles. The van der Waals surface area contributed by atoms with Crippen LogP contribution in [0.25, 0.3) is 9.40 Å². The average Bonchev–Trinajstić information content (AvgIpc) is 2.44. The van der Waals surface area contributed by atoms with Crippen LogP contribution in [-0.4, -0.2) is 0 Å². The molecule has 46 valence electrons. The van der Waals surface area contributed by atoms with E-state index in [4.69, 9.17) is 5.26 Å². The van der Waals surface area contributed by atoms with Crippen LogP contribution in [0.5, 0.6) is 0 Å². The SMILES string of the molecule is N#Cc1[c]sc2c[c]sc12. The lowest BCUT2D eigenvalue weighted by molar-refractivity contribution is 1.52. The number of nitrogens with zero attached hydrogens (tertiary/aromatic N) is 1. The van der Waals surface area contributed by atoms with Crippen molar-refractivity contribution in [2.75, 3.05) is 0 Å². The Morgan fingerprint density at radius 2 is 2.40 bits per heavy atom. The Bertz CT molecular complexity index is 391. The molecule has 0 saturated carbocycles. The van der Waals surface area contributed by atoms with Crippen molar-refractivity contribution in [3.63, 3.8) is 0 Å². The fourth-order valence-electron chi connectivity index (χ4n) is 0.734. The van der Waals surface area contributed by atoms with Gasteiger partial charge in [0.05, 0.1) is 15.6 Å². The number of hydrogen-bond acceptors (Lipinski definition) is 3. The summed E-state index contributed by atoms with van der Waals surface area (Å²) in [7, 11) is 0. The van der Waals surface area contributed by atoms with Crippen molar-refractivity contribution in [2.24, 2.45) is 0 Å². The van der Waals surface area contributed by atoms with Crippen LogP contribution in [0, 0.1) is 22.1 Å². The molecular weight excluding hydrogens is 162 g/mol. The standard InChI is InChI=1S/C7HNS2/c8-3-5-4-10-6-1-2-9-7(5)6/h1H. The topological polar surface area (TPSA) is 23.8 Å². The van der Waals surface area contributed by atoms with Crippen LogP contribution in [0.1, 0.15) is 5.56 Å². The lowest BCUT2D eigenvalue weighted by Crippen LogP contribution is -1.59. The zero-order valence-electron chi connectivity index (χ0n) is 4.84. The van der Waals surface area contributed by atoms with E-state index in [1.54, 1.807) is 0 Å². The summed E-state index contributed by atoms with van der Waals surface area (Å²) in [6, 6.07) is 3.97. The van der Waals surface area contributed by atoms with Gasteiger partial charge in [-0.3, -0.25) is 0 Å². The summed E-state index contributed by atoms with van der Waals surface area (Å²) in [6.07, 6.45) is 0. The Balaban J connectivity index is 2.92. The molecule has 10 heavy (non-hydrogen) atoms. The highest BCUT2D eigenvalue weighted by atomic mass is 32.1. The molecule has 0 bridgehead atoms. The van der Waals surface area contributed by atoms with Gasteiger partial charge in [0.1, 0.15) is 6.07 Å². The second-order valence-electron chi connectivity index (χ2n) is 1.75. The molecule has 0 fully saturated rings. The number of fused-ring (bicyclic) bond motifs is 1. The summed E-state index contributed by atoms with van der Waals surface area (Å²) in [5.74, 6) is 0. The molecule has 2 radical (unpaired) electrons. The molecule has 2 rings (SSSR count). The Hall–Kier alpha value is -0.850. The Morgan fingerprint density at radius 3 is 3.20 bits per heavy atom. The van der Waals surface area contributed by atoms with Gasteiger partial charge in [-0.25, -0.2) is 0 Å². The monoisotopic (exact) mass is 163 g/mol. The predicted octanol–water partition coefficient (Wildman–Crippen LogP) is 2.43. The van der Waals surface area contributed by atoms with Gasteiger partial charge in [0.15, 0.2) is 0 Å². The van der Waals surface area contributed by atoms with Crippen LogP contribution >= 0.6 is 22.7 Å². The molecule has 0 N–H and O–H groups in total. The highest BCUT2D eigenvalue weighted by Gasteiger charge is 2.03. The normalized spacial score (nSPS) is 9.90. The van der Waals surface area contributed by atoms with E-state index in [1.807, 2.05) is 6.07 Å². The summed E-state index contributed by atoms with van der Waals surface area (Å²) in [5.41, 5.74) is 0.659. The van der Waals surface area contributed by atoms with Crippen LogP contribution < -0.4 is 0 Å². The van der Waals surface area contributed by atoms with Crippen molar-refractivity contribution >= 4 is 32.1 Å². The molecule has 0 amide bonds. The average molecular weight is 163 g/mol. The second-order valence-corrected chi connectivity index (χ2v) is 3.44. The summed E-state index contributed by atoms with van der Waals surface area (Å²) < 4.78 is 2.13. The first-order valence-electron chi connectivity index (χ1n) is 2.62. The van der Waals surface area contributed by atoms with Crippen LogP contribution in [0.3, 0.4) is 0 Å². The van der Waals surface area contributed by atoms with Gasteiger partial charge < -0.3 is 0 Å². The van der Waals surface area contributed by atoms with E-state index in [9.17, 15) is 0 Å². The van der Waals surface area contributed by atoms with E-state index in [-0.39, 0.29) is 0 Å². The van der Waals surface area contributed by atoms with E-state index in [2.05, 4.69) is 16.8 Å². The lowest BCUT2D eigenvalue weighted by Gasteiger charge is -1.72. The molecule has 1 nitrogen and oxygen atoms in total. The number of rotatable bonds is 0. The van der Waals surface area contributed by atoms with Crippen molar-refractivity contribution in [3.05, 3.63) is 22.4 Å². The summed E-state index contributed by atoms with van der Waals surface area (Å²) in [4.78, 5) is 0. The molecule has 0 spiro atoms. The number of nitriles is 1. The van der Waals surface area contributed by atoms with Gasteiger partial charge in [-0.2, -0.15) is 5.26 Å². The smallest absolute Gasteiger partial charge is 0.102 e. The van der Waals surface area contributed by atoms with Gasteiger partial charge in [0.2, 0.25) is 0 Å². The van der Waals surface area contributed by atoms with Crippen molar-refractivity contribution in [3.8, 4) is 6.07 Å². The molecule has 2 heterocycles. The molecule has 0 atom stereocenters. The van der Waals surface area contributed by atoms with Crippen molar-refractivity contribution in [1.29, 1.82) is 5.26 Å². The van der Waals surface area contributed by atoms with Crippen LogP contribution in [0.2, 0.25) is 0 Å². The molecule has 3 heteroatoms. The minimum absolute atomic E-state index is 0.659. The van der Waals surface area contributed by atoms with Gasteiger partial charge in [-0.1, -0.05) is 0 Å². The lowest BCUT2D eigenvalue weighted by atomic mass is 10.3. The van der Waals surface area contributed by atoms with Crippen molar-refractivity contribution < 1.29 is 0 Å². The van der Waals surface area contributed by atoms with Gasteiger partial charge >= 0.3 is 0 Å². The molecule has 0 unspecified atom stereocenters. The molecule has 0 aliphatic heterocycles. The third kappa shape index (κ3) is 0.666. The van der Waals surface area contributed by atoms with E-state index in [0.29, 0.717) is 5.56 Å². The van der Waals surface area contributed by atoms with Crippen LogP contribution in [0.4, 0.5) is 0 Å².